The first-order chi connectivity index (χ1) is 11.5. The van der Waals surface area contributed by atoms with Crippen LogP contribution in [-0.2, 0) is 4.79 Å². The van der Waals surface area contributed by atoms with Gasteiger partial charge in [0.05, 0.1) is 6.10 Å². The molecular weight excluding hydrogens is 310 g/mol. The molecular formula is C16H19N5O3. The van der Waals surface area contributed by atoms with Gasteiger partial charge < -0.3 is 14.9 Å². The summed E-state index contributed by atoms with van der Waals surface area (Å²) >= 11 is 0. The van der Waals surface area contributed by atoms with Crippen LogP contribution in [0.4, 0.5) is 0 Å². The Kier molecular flexibility index (Phi) is 4.57. The van der Waals surface area contributed by atoms with Gasteiger partial charge in [-0.05, 0) is 24.3 Å². The number of nitrogens with zero attached hydrogens (tertiary/aromatic N) is 5. The summed E-state index contributed by atoms with van der Waals surface area (Å²) in [6.07, 6.45) is 2.42. The molecule has 1 saturated heterocycles. The Morgan fingerprint density at radius 2 is 1.62 bits per heavy atom. The van der Waals surface area contributed by atoms with Gasteiger partial charge in [0.15, 0.2) is 0 Å². The number of carbonyl (C=O) groups is 2. The lowest BCUT2D eigenvalue weighted by Gasteiger charge is -2.21. The van der Waals surface area contributed by atoms with Crippen molar-refractivity contribution in [2.24, 2.45) is 0 Å². The van der Waals surface area contributed by atoms with E-state index in [1.807, 2.05) is 12.1 Å². The largest absolute Gasteiger partial charge is 0.389 e. The fourth-order valence-electron chi connectivity index (χ4n) is 2.75. The Labute approximate surface area is 139 Å². The molecule has 1 aromatic carbocycles. The van der Waals surface area contributed by atoms with Gasteiger partial charge in [-0.25, -0.2) is 0 Å². The van der Waals surface area contributed by atoms with Gasteiger partial charge in [-0.1, -0.05) is 0 Å². The lowest BCUT2D eigenvalue weighted by Crippen LogP contribution is -2.37. The van der Waals surface area contributed by atoms with Gasteiger partial charge in [-0.2, -0.15) is 0 Å². The number of β-amino-alcohol motifs (C(OH)–C–C–N with tert-alkyl or cyclic N) is 1. The lowest BCUT2D eigenvalue weighted by molar-refractivity contribution is -0.129. The van der Waals surface area contributed by atoms with Crippen molar-refractivity contribution >= 4 is 11.8 Å². The number of hydrogen-bond acceptors (Lipinski definition) is 5. The molecule has 2 aromatic rings. The minimum atomic E-state index is -0.739. The summed E-state index contributed by atoms with van der Waals surface area (Å²) in [4.78, 5) is 27.3. The first kappa shape index (κ1) is 16.1. The fourth-order valence-corrected chi connectivity index (χ4v) is 2.75. The van der Waals surface area contributed by atoms with Crippen LogP contribution in [0.25, 0.3) is 5.69 Å². The van der Waals surface area contributed by atoms with E-state index < -0.39 is 6.10 Å². The SMILES string of the molecule is CC(=O)N1CCN(C(=O)c2ccc(-n3cnnc3)cc2)CC(O)C1. The van der Waals surface area contributed by atoms with E-state index in [2.05, 4.69) is 10.2 Å². The van der Waals surface area contributed by atoms with E-state index in [4.69, 9.17) is 0 Å². The molecule has 0 bridgehead atoms. The summed E-state index contributed by atoms with van der Waals surface area (Å²) in [5, 5.41) is 17.5. The molecule has 1 fully saturated rings. The van der Waals surface area contributed by atoms with Crippen molar-refractivity contribution in [1.29, 1.82) is 0 Å². The van der Waals surface area contributed by atoms with E-state index in [9.17, 15) is 14.7 Å². The quantitative estimate of drug-likeness (QED) is 0.833. The molecule has 1 unspecified atom stereocenters. The summed E-state index contributed by atoms with van der Waals surface area (Å²) in [7, 11) is 0. The zero-order valence-electron chi connectivity index (χ0n) is 13.4. The monoisotopic (exact) mass is 329 g/mol. The third kappa shape index (κ3) is 3.43. The van der Waals surface area contributed by atoms with E-state index >= 15 is 0 Å². The molecule has 1 aliphatic rings. The molecule has 1 N–H and O–H groups in total. The van der Waals surface area contributed by atoms with E-state index in [0.717, 1.165) is 5.69 Å². The average molecular weight is 329 g/mol. The van der Waals surface area contributed by atoms with Crippen molar-refractivity contribution in [3.63, 3.8) is 0 Å². The van der Waals surface area contributed by atoms with Crippen molar-refractivity contribution in [3.05, 3.63) is 42.5 Å². The van der Waals surface area contributed by atoms with Crippen LogP contribution in [0.5, 0.6) is 0 Å². The number of amides is 2. The summed E-state index contributed by atoms with van der Waals surface area (Å²) in [6, 6.07) is 7.09. The van der Waals surface area contributed by atoms with Gasteiger partial charge in [-0.15, -0.1) is 10.2 Å². The maximum atomic E-state index is 12.7. The number of benzene rings is 1. The van der Waals surface area contributed by atoms with Crippen molar-refractivity contribution in [2.45, 2.75) is 13.0 Å². The van der Waals surface area contributed by atoms with Crippen LogP contribution in [0.1, 0.15) is 17.3 Å². The van der Waals surface area contributed by atoms with Crippen LogP contribution in [-0.4, -0.2) is 73.8 Å². The van der Waals surface area contributed by atoms with Gasteiger partial charge in [0.1, 0.15) is 12.7 Å². The Morgan fingerprint density at radius 3 is 2.25 bits per heavy atom. The molecule has 1 aliphatic heterocycles. The minimum Gasteiger partial charge on any atom is -0.389 e. The van der Waals surface area contributed by atoms with Crippen molar-refractivity contribution in [2.75, 3.05) is 26.2 Å². The van der Waals surface area contributed by atoms with Crippen LogP contribution < -0.4 is 0 Å². The molecule has 1 atom stereocenters. The highest BCUT2D eigenvalue weighted by Crippen LogP contribution is 2.13. The molecule has 3 rings (SSSR count). The van der Waals surface area contributed by atoms with Gasteiger partial charge in [0.2, 0.25) is 5.91 Å². The van der Waals surface area contributed by atoms with Crippen molar-refractivity contribution in [3.8, 4) is 5.69 Å². The normalized spacial score (nSPS) is 18.3. The third-order valence-corrected chi connectivity index (χ3v) is 4.07. The van der Waals surface area contributed by atoms with Crippen LogP contribution in [0, 0.1) is 0 Å². The number of hydrogen-bond donors (Lipinski definition) is 1. The minimum absolute atomic E-state index is 0.0957. The summed E-state index contributed by atoms with van der Waals surface area (Å²) in [6.45, 7) is 2.77. The van der Waals surface area contributed by atoms with E-state index in [-0.39, 0.29) is 24.9 Å². The lowest BCUT2D eigenvalue weighted by atomic mass is 10.1. The van der Waals surface area contributed by atoms with Crippen LogP contribution in [0.15, 0.2) is 36.9 Å². The van der Waals surface area contributed by atoms with Crippen molar-refractivity contribution in [1.82, 2.24) is 24.6 Å². The molecule has 0 saturated carbocycles. The molecule has 1 aromatic heterocycles. The second-order valence-electron chi connectivity index (χ2n) is 5.79. The number of aliphatic hydroxyl groups is 1. The van der Waals surface area contributed by atoms with Crippen LogP contribution in [0.3, 0.4) is 0 Å². The zero-order valence-corrected chi connectivity index (χ0v) is 13.4. The van der Waals surface area contributed by atoms with Gasteiger partial charge >= 0.3 is 0 Å². The molecule has 2 heterocycles. The Balaban J connectivity index is 1.72. The molecule has 2 amide bonds. The summed E-state index contributed by atoms with van der Waals surface area (Å²) < 4.78 is 1.74. The van der Waals surface area contributed by atoms with Crippen LogP contribution >= 0.6 is 0 Å². The smallest absolute Gasteiger partial charge is 0.254 e. The topological polar surface area (TPSA) is 91.6 Å². The second-order valence-corrected chi connectivity index (χ2v) is 5.79. The molecule has 0 radical (unpaired) electrons. The maximum absolute atomic E-state index is 12.7. The average Bonchev–Trinajstić information content (AvgIpc) is 3.03. The van der Waals surface area contributed by atoms with Crippen molar-refractivity contribution < 1.29 is 14.7 Å². The predicted molar refractivity (Wildman–Crippen MR) is 85.5 cm³/mol. The number of rotatable bonds is 2. The molecule has 0 aliphatic carbocycles. The van der Waals surface area contributed by atoms with Gasteiger partial charge in [0.25, 0.3) is 5.91 Å². The molecule has 126 valence electrons. The fraction of sp³-hybridized carbons (Fsp3) is 0.375. The number of aliphatic hydroxyl groups excluding tert-OH is 1. The van der Waals surface area contributed by atoms with E-state index in [1.54, 1.807) is 39.2 Å². The van der Waals surface area contributed by atoms with Crippen LogP contribution in [0.2, 0.25) is 0 Å². The molecule has 0 spiro atoms. The first-order valence-corrected chi connectivity index (χ1v) is 7.72. The number of aromatic nitrogens is 3. The third-order valence-electron chi connectivity index (χ3n) is 4.07. The highest BCUT2D eigenvalue weighted by molar-refractivity contribution is 5.94. The Hall–Kier alpha value is -2.74. The zero-order chi connectivity index (χ0) is 17.1. The summed E-state index contributed by atoms with van der Waals surface area (Å²) in [5.74, 6) is -0.253. The molecule has 8 heteroatoms. The predicted octanol–water partition coefficient (Wildman–Crippen LogP) is -0.0675. The Morgan fingerprint density at radius 1 is 1.04 bits per heavy atom. The highest BCUT2D eigenvalue weighted by Gasteiger charge is 2.26. The Bertz CT molecular complexity index is 714. The summed E-state index contributed by atoms with van der Waals surface area (Å²) in [5.41, 5.74) is 1.39. The second kappa shape index (κ2) is 6.79. The standard InChI is InChI=1S/C16H19N5O3/c1-12(22)19-6-7-20(9-15(23)8-19)16(24)13-2-4-14(5-3-13)21-10-17-18-11-21/h2-5,10-11,15,23H,6-9H2,1H3. The maximum Gasteiger partial charge on any atom is 0.254 e. The van der Waals surface area contributed by atoms with Gasteiger partial charge in [-0.3, -0.25) is 14.2 Å². The molecule has 24 heavy (non-hydrogen) atoms. The highest BCUT2D eigenvalue weighted by atomic mass is 16.3. The first-order valence-electron chi connectivity index (χ1n) is 7.72. The molecule has 8 nitrogen and oxygen atoms in total. The number of carbonyl (C=O) groups excluding carboxylic acids is 2. The van der Waals surface area contributed by atoms with Gasteiger partial charge in [0, 0.05) is 44.4 Å². The van der Waals surface area contributed by atoms with E-state index in [1.165, 1.54) is 6.92 Å². The van der Waals surface area contributed by atoms with E-state index in [0.29, 0.717) is 18.7 Å².